The summed E-state index contributed by atoms with van der Waals surface area (Å²) in [5.41, 5.74) is 1.14. The first-order chi connectivity index (χ1) is 16.7. The molecule has 1 fully saturated rings. The Kier molecular flexibility index (Phi) is 9.50. The number of hydrogen-bond donors (Lipinski definition) is 1. The van der Waals surface area contributed by atoms with Gasteiger partial charge in [0.2, 0.25) is 0 Å². The highest BCUT2D eigenvalue weighted by Crippen LogP contribution is 2.31. The van der Waals surface area contributed by atoms with Gasteiger partial charge in [0.25, 0.3) is 0 Å². The van der Waals surface area contributed by atoms with E-state index in [0.717, 1.165) is 5.56 Å². The van der Waals surface area contributed by atoms with Crippen LogP contribution in [0.15, 0.2) is 36.4 Å². The number of aromatic nitrogens is 2. The smallest absolute Gasteiger partial charge is 0.450 e. The number of carboxylic acid groups (broad SMARTS) is 1. The fourth-order valence-electron chi connectivity index (χ4n) is 3.47. The Hall–Kier alpha value is -2.66. The van der Waals surface area contributed by atoms with Crippen LogP contribution in [-0.4, -0.2) is 70.4 Å². The lowest BCUT2D eigenvalue weighted by molar-refractivity contribution is 0.0588. The summed E-state index contributed by atoms with van der Waals surface area (Å²) in [5, 5.41) is 9.25. The number of nitrogens with zero attached hydrogens (tertiary/aromatic N) is 4. The lowest BCUT2D eigenvalue weighted by atomic mass is 9.95. The van der Waals surface area contributed by atoms with Crippen LogP contribution in [0.4, 0.5) is 15.4 Å². The number of ether oxygens (including phenoxy) is 2. The molecule has 1 aliphatic heterocycles. The molecule has 9 nitrogen and oxygen atoms in total. The molecule has 1 saturated heterocycles. The molecular weight excluding hydrogens is 488 g/mol. The van der Waals surface area contributed by atoms with Crippen LogP contribution in [0, 0.1) is 0 Å². The molecule has 0 bridgehead atoms. The Balaban J connectivity index is 1.72. The number of anilines is 1. The molecule has 1 aliphatic rings. The number of carbonyl (C=O) groups is 2. The molecule has 1 aromatic carbocycles. The van der Waals surface area contributed by atoms with Crippen LogP contribution in [-0.2, 0) is 21.5 Å². The van der Waals surface area contributed by atoms with Crippen LogP contribution in [0.5, 0.6) is 0 Å². The third-order valence-corrected chi connectivity index (χ3v) is 7.17. The molecule has 2 aromatic rings. The minimum atomic E-state index is -1.34. The van der Waals surface area contributed by atoms with Crippen molar-refractivity contribution in [2.24, 2.45) is 0 Å². The van der Waals surface area contributed by atoms with Crippen molar-refractivity contribution in [3.05, 3.63) is 53.5 Å². The zero-order chi connectivity index (χ0) is 25.4. The second kappa shape index (κ2) is 12.3. The Morgan fingerprint density at radius 2 is 1.80 bits per heavy atom. The molecule has 1 atom stereocenters. The van der Waals surface area contributed by atoms with E-state index in [9.17, 15) is 14.7 Å². The molecule has 2 heterocycles. The van der Waals surface area contributed by atoms with Crippen molar-refractivity contribution < 1.29 is 24.2 Å². The maximum atomic E-state index is 12.5. The van der Waals surface area contributed by atoms with Crippen molar-refractivity contribution in [2.75, 3.05) is 43.1 Å². The van der Waals surface area contributed by atoms with Gasteiger partial charge in [0.05, 0.1) is 5.69 Å². The molecule has 1 aromatic heterocycles. The molecule has 0 saturated carbocycles. The zero-order valence-corrected chi connectivity index (χ0v) is 22.1. The molecule has 0 aliphatic carbocycles. The van der Waals surface area contributed by atoms with E-state index in [2.05, 4.69) is 9.88 Å². The molecule has 0 spiro atoms. The van der Waals surface area contributed by atoms with E-state index in [-0.39, 0.29) is 18.1 Å². The second-order valence-electron chi connectivity index (χ2n) is 9.06. The molecule has 1 N–H and O–H groups in total. The minimum absolute atomic E-state index is 0.239. The van der Waals surface area contributed by atoms with Gasteiger partial charge in [-0.2, -0.15) is 0 Å². The van der Waals surface area contributed by atoms with Gasteiger partial charge in [0.15, 0.2) is 6.10 Å². The van der Waals surface area contributed by atoms with Crippen molar-refractivity contribution in [1.29, 1.82) is 0 Å². The molecule has 1 amide bonds. The van der Waals surface area contributed by atoms with Gasteiger partial charge in [-0.25, -0.2) is 19.6 Å². The van der Waals surface area contributed by atoms with E-state index >= 15 is 0 Å². The van der Waals surface area contributed by atoms with E-state index < -0.39 is 12.3 Å². The summed E-state index contributed by atoms with van der Waals surface area (Å²) in [6.07, 6.45) is -0.450. The highest BCUT2D eigenvalue weighted by atomic mass is 33.1. The van der Waals surface area contributed by atoms with Gasteiger partial charge in [0, 0.05) is 43.4 Å². The average Bonchev–Trinajstić information content (AvgIpc) is 2.84. The number of carbonyl (C=O) groups excluding carboxylic acids is 1. The first-order valence-electron chi connectivity index (χ1n) is 11.3. The normalized spacial score (nSPS) is 15.0. The fraction of sp³-hybridized carbons (Fsp3) is 0.500. The maximum absolute atomic E-state index is 12.5. The first kappa shape index (κ1) is 26.9. The molecule has 190 valence electrons. The van der Waals surface area contributed by atoms with Crippen LogP contribution in [0.1, 0.15) is 44.0 Å². The van der Waals surface area contributed by atoms with Crippen LogP contribution in [0.25, 0.3) is 0 Å². The SMILES string of the molecule is CSSCC(OC(=O)O)c1cc(N2CCN(C(=O)OCc3ccccc3)CC2)nc(C(C)(C)C)n1. The number of benzene rings is 1. The monoisotopic (exact) mass is 520 g/mol. The van der Waals surface area contributed by atoms with Gasteiger partial charge in [-0.1, -0.05) is 72.7 Å². The summed E-state index contributed by atoms with van der Waals surface area (Å²) in [5.74, 6) is 1.75. The molecule has 11 heteroatoms. The second-order valence-corrected chi connectivity index (χ2v) is 11.7. The molecule has 3 rings (SSSR count). The highest BCUT2D eigenvalue weighted by Gasteiger charge is 2.28. The van der Waals surface area contributed by atoms with Gasteiger partial charge >= 0.3 is 12.2 Å². The van der Waals surface area contributed by atoms with Crippen LogP contribution in [0.2, 0.25) is 0 Å². The quantitative estimate of drug-likeness (QED) is 0.378. The summed E-state index contributed by atoms with van der Waals surface area (Å²) >= 11 is 0. The Labute approximate surface area is 214 Å². The minimum Gasteiger partial charge on any atom is -0.450 e. The Bertz CT molecular complexity index is 995. The summed E-state index contributed by atoms with van der Waals surface area (Å²) < 4.78 is 10.6. The van der Waals surface area contributed by atoms with Crippen molar-refractivity contribution in [2.45, 2.75) is 38.9 Å². The standard InChI is InChI=1S/C24H32N4O5S2/c1-24(2,3)21-25-18(19(16-35-34-4)33-23(30)31)14-20(26-21)27-10-12-28(13-11-27)22(29)32-15-17-8-6-5-7-9-17/h5-9,14,19H,10-13,15-16H2,1-4H3,(H,30,31). The van der Waals surface area contributed by atoms with Crippen molar-refractivity contribution in [3.63, 3.8) is 0 Å². The highest BCUT2D eigenvalue weighted by molar-refractivity contribution is 8.76. The fourth-order valence-corrected chi connectivity index (χ4v) is 4.75. The van der Waals surface area contributed by atoms with E-state index in [1.807, 2.05) is 57.4 Å². The van der Waals surface area contributed by atoms with Gasteiger partial charge in [-0.3, -0.25) is 0 Å². The zero-order valence-electron chi connectivity index (χ0n) is 20.5. The van der Waals surface area contributed by atoms with E-state index in [0.29, 0.717) is 49.3 Å². The van der Waals surface area contributed by atoms with Crippen molar-refractivity contribution in [3.8, 4) is 0 Å². The Morgan fingerprint density at radius 3 is 2.40 bits per heavy atom. The summed E-state index contributed by atoms with van der Waals surface area (Å²) in [7, 11) is 3.05. The first-order valence-corrected chi connectivity index (χ1v) is 14.1. The molecule has 35 heavy (non-hydrogen) atoms. The predicted octanol–water partition coefficient (Wildman–Crippen LogP) is 4.98. The van der Waals surface area contributed by atoms with E-state index in [1.54, 1.807) is 11.0 Å². The van der Waals surface area contributed by atoms with Crippen LogP contribution >= 0.6 is 21.6 Å². The number of amides is 1. The maximum Gasteiger partial charge on any atom is 0.506 e. The molecule has 1 unspecified atom stereocenters. The summed E-state index contributed by atoms with van der Waals surface area (Å²) in [4.78, 5) is 37.1. The number of hydrogen-bond acceptors (Lipinski definition) is 9. The van der Waals surface area contributed by atoms with Crippen molar-refractivity contribution in [1.82, 2.24) is 14.9 Å². The van der Waals surface area contributed by atoms with Gasteiger partial charge in [-0.05, 0) is 11.8 Å². The van der Waals surface area contributed by atoms with Crippen LogP contribution in [0.3, 0.4) is 0 Å². The topological polar surface area (TPSA) is 105 Å². The van der Waals surface area contributed by atoms with Gasteiger partial charge < -0.3 is 24.4 Å². The number of piperazine rings is 1. The summed E-state index contributed by atoms with van der Waals surface area (Å²) in [6, 6.07) is 11.4. The predicted molar refractivity (Wildman–Crippen MR) is 139 cm³/mol. The number of rotatable bonds is 8. The van der Waals surface area contributed by atoms with E-state index in [1.165, 1.54) is 21.6 Å². The van der Waals surface area contributed by atoms with Crippen LogP contribution < -0.4 is 4.90 Å². The van der Waals surface area contributed by atoms with Gasteiger partial charge in [-0.15, -0.1) is 0 Å². The third kappa shape index (κ3) is 7.93. The summed E-state index contributed by atoms with van der Waals surface area (Å²) in [6.45, 7) is 8.42. The van der Waals surface area contributed by atoms with Crippen molar-refractivity contribution >= 4 is 39.7 Å². The lowest BCUT2D eigenvalue weighted by Crippen LogP contribution is -2.49. The van der Waals surface area contributed by atoms with Gasteiger partial charge in [0.1, 0.15) is 18.2 Å². The lowest BCUT2D eigenvalue weighted by Gasteiger charge is -2.35. The largest absolute Gasteiger partial charge is 0.506 e. The Morgan fingerprint density at radius 1 is 1.11 bits per heavy atom. The molecular formula is C24H32N4O5S2. The third-order valence-electron chi connectivity index (χ3n) is 5.38. The average molecular weight is 521 g/mol. The molecule has 0 radical (unpaired) electrons. The van der Waals surface area contributed by atoms with E-state index in [4.69, 9.17) is 14.5 Å².